The van der Waals surface area contributed by atoms with Crippen LogP contribution in [0.25, 0.3) is 27.9 Å². The van der Waals surface area contributed by atoms with Crippen LogP contribution in [0.1, 0.15) is 30.7 Å². The number of pyridine rings is 2. The van der Waals surface area contributed by atoms with Gasteiger partial charge in [-0.1, -0.05) is 27.0 Å². The lowest BCUT2D eigenvalue weighted by molar-refractivity contribution is 0.418. The van der Waals surface area contributed by atoms with Crippen molar-refractivity contribution in [3.63, 3.8) is 0 Å². The van der Waals surface area contributed by atoms with Gasteiger partial charge in [-0.25, -0.2) is 4.39 Å². The lowest BCUT2D eigenvalue weighted by atomic mass is 10.0. The Labute approximate surface area is 214 Å². The maximum absolute atomic E-state index is 13.6. The topological polar surface area (TPSA) is 47.0 Å². The van der Waals surface area contributed by atoms with E-state index < -0.39 is 0 Å². The average molecular weight is 502 g/mol. The molecule has 0 saturated carbocycles. The summed E-state index contributed by atoms with van der Waals surface area (Å²) in [6.45, 7) is 9.45. The van der Waals surface area contributed by atoms with E-state index in [4.69, 9.17) is 9.72 Å². The van der Waals surface area contributed by atoms with Gasteiger partial charge in [-0.15, -0.1) is 0 Å². The molecule has 0 saturated heterocycles. The fraction of sp³-hybridized carbons (Fsp3) is 0.267. The van der Waals surface area contributed by atoms with Gasteiger partial charge in [0.25, 0.3) is 0 Å². The van der Waals surface area contributed by atoms with Crippen molar-refractivity contribution < 1.29 is 9.13 Å². The number of rotatable bonds is 9. The standard InChI is InChI=1S/C30H33FN3OP/c1-6-26(23-17-22-9-8-15-33-30(22)27(18-23)35-4)32-16-14-25-19-28(36(5)7-2)20(3)29(34-25)21-10-12-24(31)13-11-21/h6,8-13,15,17-19,32H,7,14,16H2,1-5H3/b26-6-. The highest BCUT2D eigenvalue weighted by atomic mass is 31.1. The number of nitrogens with zero attached hydrogens (tertiary/aromatic N) is 2. The second-order valence-corrected chi connectivity index (χ2v) is 11.3. The van der Waals surface area contributed by atoms with Gasteiger partial charge < -0.3 is 10.1 Å². The van der Waals surface area contributed by atoms with Crippen molar-refractivity contribution in [3.05, 3.63) is 89.5 Å². The third-order valence-electron chi connectivity index (χ3n) is 6.49. The molecule has 2 aromatic heterocycles. The van der Waals surface area contributed by atoms with Gasteiger partial charge in [0.15, 0.2) is 0 Å². The predicted octanol–water partition coefficient (Wildman–Crippen LogP) is 6.70. The largest absolute Gasteiger partial charge is 0.494 e. The zero-order valence-electron chi connectivity index (χ0n) is 21.6. The van der Waals surface area contributed by atoms with Crippen molar-refractivity contribution in [1.29, 1.82) is 0 Å². The van der Waals surface area contributed by atoms with Crippen molar-refractivity contribution >= 4 is 29.8 Å². The maximum atomic E-state index is 13.6. The number of methoxy groups -OCH3 is 1. The Morgan fingerprint density at radius 3 is 2.61 bits per heavy atom. The van der Waals surface area contributed by atoms with E-state index in [2.05, 4.69) is 49.0 Å². The highest BCUT2D eigenvalue weighted by Gasteiger charge is 2.15. The highest BCUT2D eigenvalue weighted by Crippen LogP contribution is 2.34. The third kappa shape index (κ3) is 5.57. The lowest BCUT2D eigenvalue weighted by Gasteiger charge is -2.19. The molecule has 1 atom stereocenters. The molecule has 0 aliphatic carbocycles. The molecule has 6 heteroatoms. The van der Waals surface area contributed by atoms with Crippen LogP contribution >= 0.6 is 7.92 Å². The number of ether oxygens (including phenoxy) is 1. The van der Waals surface area contributed by atoms with E-state index in [9.17, 15) is 4.39 Å². The van der Waals surface area contributed by atoms with Crippen LogP contribution in [0.5, 0.6) is 5.75 Å². The first-order valence-electron chi connectivity index (χ1n) is 12.3. The molecule has 0 radical (unpaired) electrons. The summed E-state index contributed by atoms with van der Waals surface area (Å²) in [5.74, 6) is 0.525. The first-order valence-corrected chi connectivity index (χ1v) is 14.2. The molecular weight excluding hydrogens is 468 g/mol. The third-order valence-corrected chi connectivity index (χ3v) is 8.72. The smallest absolute Gasteiger partial charge is 0.145 e. The van der Waals surface area contributed by atoms with E-state index in [-0.39, 0.29) is 13.7 Å². The van der Waals surface area contributed by atoms with E-state index in [1.165, 1.54) is 23.0 Å². The number of hydrogen-bond acceptors (Lipinski definition) is 4. The SMILES string of the molecule is C/C=C(\NCCc1cc(P(C)CC)c(C)c(-c2ccc(F)cc2)n1)c1cc(OC)c2ncccc2c1. The average Bonchev–Trinajstić information content (AvgIpc) is 2.91. The number of fused-ring (bicyclic) bond motifs is 1. The number of allylic oxidation sites excluding steroid dienone is 1. The molecule has 2 aromatic carbocycles. The molecule has 0 aliphatic heterocycles. The number of nitrogens with one attached hydrogen (secondary N) is 1. The van der Waals surface area contributed by atoms with Crippen LogP contribution < -0.4 is 15.4 Å². The van der Waals surface area contributed by atoms with Crippen LogP contribution in [0.4, 0.5) is 4.39 Å². The summed E-state index contributed by atoms with van der Waals surface area (Å²) in [7, 11) is 1.40. The summed E-state index contributed by atoms with van der Waals surface area (Å²) < 4.78 is 19.2. The Bertz CT molecular complexity index is 1390. The van der Waals surface area contributed by atoms with Gasteiger partial charge in [0.1, 0.15) is 17.1 Å². The van der Waals surface area contributed by atoms with E-state index in [0.717, 1.165) is 64.0 Å². The van der Waals surface area contributed by atoms with E-state index in [0.29, 0.717) is 0 Å². The summed E-state index contributed by atoms with van der Waals surface area (Å²) in [4.78, 5) is 9.48. The molecule has 0 bridgehead atoms. The zero-order valence-corrected chi connectivity index (χ0v) is 22.5. The van der Waals surface area contributed by atoms with E-state index in [1.54, 1.807) is 13.3 Å². The molecule has 4 nitrogen and oxygen atoms in total. The first-order chi connectivity index (χ1) is 17.4. The van der Waals surface area contributed by atoms with Gasteiger partial charge in [0.2, 0.25) is 0 Å². The van der Waals surface area contributed by atoms with Crippen LogP contribution in [0.2, 0.25) is 0 Å². The van der Waals surface area contributed by atoms with Crippen molar-refractivity contribution in [2.24, 2.45) is 0 Å². The number of hydrogen-bond donors (Lipinski definition) is 1. The van der Waals surface area contributed by atoms with Gasteiger partial charge in [-0.2, -0.15) is 0 Å². The molecule has 36 heavy (non-hydrogen) atoms. The van der Waals surface area contributed by atoms with Gasteiger partial charge in [-0.3, -0.25) is 9.97 Å². The number of benzene rings is 2. The molecule has 4 aromatic rings. The van der Waals surface area contributed by atoms with Crippen molar-refractivity contribution in [2.45, 2.75) is 27.2 Å². The normalized spacial score (nSPS) is 12.6. The first kappa shape index (κ1) is 25.8. The van der Waals surface area contributed by atoms with Crippen LogP contribution in [0.15, 0.2) is 66.9 Å². The van der Waals surface area contributed by atoms with Crippen molar-refractivity contribution in [2.75, 3.05) is 26.5 Å². The van der Waals surface area contributed by atoms with Gasteiger partial charge in [0, 0.05) is 47.1 Å². The number of aromatic nitrogens is 2. The summed E-state index contributed by atoms with van der Waals surface area (Å²) in [6, 6.07) is 17.1. The van der Waals surface area contributed by atoms with Gasteiger partial charge in [-0.05, 0) is 86.1 Å². The zero-order chi connectivity index (χ0) is 25.7. The number of halogens is 1. The minimum atomic E-state index is -0.278. The molecular formula is C30H33FN3OP. The Balaban J connectivity index is 1.59. The fourth-order valence-corrected chi connectivity index (χ4v) is 5.79. The summed E-state index contributed by atoms with van der Waals surface area (Å²) >= 11 is 0. The minimum absolute atomic E-state index is 0.233. The second-order valence-electron chi connectivity index (χ2n) is 8.76. The molecule has 0 aliphatic rings. The van der Waals surface area contributed by atoms with Crippen LogP contribution in [-0.2, 0) is 6.42 Å². The van der Waals surface area contributed by atoms with E-state index >= 15 is 0 Å². The summed E-state index contributed by atoms with van der Waals surface area (Å²) in [6.07, 6.45) is 5.75. The minimum Gasteiger partial charge on any atom is -0.494 e. The van der Waals surface area contributed by atoms with Crippen molar-refractivity contribution in [3.8, 4) is 17.0 Å². The van der Waals surface area contributed by atoms with Crippen molar-refractivity contribution in [1.82, 2.24) is 15.3 Å². The quantitative estimate of drug-likeness (QED) is 0.259. The molecule has 1 unspecified atom stereocenters. The predicted molar refractivity (Wildman–Crippen MR) is 151 cm³/mol. The molecule has 2 heterocycles. The highest BCUT2D eigenvalue weighted by molar-refractivity contribution is 7.64. The molecule has 186 valence electrons. The van der Waals surface area contributed by atoms with E-state index in [1.807, 2.05) is 37.3 Å². The van der Waals surface area contributed by atoms with Crippen LogP contribution in [-0.4, -0.2) is 36.4 Å². The summed E-state index contributed by atoms with van der Waals surface area (Å²) in [5.41, 5.74) is 7.09. The maximum Gasteiger partial charge on any atom is 0.145 e. The Morgan fingerprint density at radius 2 is 1.92 bits per heavy atom. The molecule has 0 amide bonds. The Morgan fingerprint density at radius 1 is 1.14 bits per heavy atom. The Hall–Kier alpha value is -3.30. The van der Waals surface area contributed by atoms with Crippen LogP contribution in [0, 0.1) is 12.7 Å². The molecule has 4 rings (SSSR count). The van der Waals surface area contributed by atoms with Gasteiger partial charge >= 0.3 is 0 Å². The second kappa shape index (κ2) is 11.6. The molecule has 0 fully saturated rings. The van der Waals surface area contributed by atoms with Crippen LogP contribution in [0.3, 0.4) is 0 Å². The monoisotopic (exact) mass is 501 g/mol. The van der Waals surface area contributed by atoms with Gasteiger partial charge in [0.05, 0.1) is 12.8 Å². The fourth-order valence-electron chi connectivity index (χ4n) is 4.40. The molecule has 0 spiro atoms. The lowest BCUT2D eigenvalue weighted by Crippen LogP contribution is -2.18. The Kier molecular flexibility index (Phi) is 8.32. The summed E-state index contributed by atoms with van der Waals surface area (Å²) in [5, 5.41) is 6.00. The molecule has 1 N–H and O–H groups in total.